The average Bonchev–Trinajstić information content (AvgIpc) is 3.16. The molecule has 23 heteroatoms. The monoisotopic (exact) mass is 890 g/mol. The second-order valence-electron chi connectivity index (χ2n) is 15.6. The Labute approximate surface area is 360 Å². The van der Waals surface area contributed by atoms with Gasteiger partial charge in [-0.15, -0.1) is 0 Å². The van der Waals surface area contributed by atoms with Gasteiger partial charge in [-0.25, -0.2) is 0 Å². The van der Waals surface area contributed by atoms with E-state index in [-0.39, 0.29) is 110 Å². The van der Waals surface area contributed by atoms with Crippen molar-refractivity contribution >= 4 is 69.0 Å². The Morgan fingerprint density at radius 1 is 0.583 bits per heavy atom. The van der Waals surface area contributed by atoms with Crippen molar-refractivity contribution in [3.05, 3.63) is 0 Å². The minimum atomic E-state index is -1.31. The largest absolute Gasteiger partial charge is 0.549 e. The molecule has 5 amide bonds. The van der Waals surface area contributed by atoms with Crippen LogP contribution in [0, 0.1) is 10.8 Å². The number of carboxylic acids is 3. The van der Waals surface area contributed by atoms with E-state index in [1.54, 1.807) is 47.3 Å². The van der Waals surface area contributed by atoms with Crippen molar-refractivity contribution in [1.82, 2.24) is 46.2 Å². The van der Waals surface area contributed by atoms with Crippen molar-refractivity contribution in [3.8, 4) is 0 Å². The van der Waals surface area contributed by atoms with E-state index in [2.05, 4.69) is 26.6 Å². The van der Waals surface area contributed by atoms with E-state index in [0.29, 0.717) is 31.0 Å². The predicted molar refractivity (Wildman–Crippen MR) is 219 cm³/mol. The van der Waals surface area contributed by atoms with Crippen molar-refractivity contribution in [1.29, 1.82) is 0 Å². The fourth-order valence-electron chi connectivity index (χ4n) is 6.18. The minimum Gasteiger partial charge on any atom is -0.549 e. The smallest absolute Gasteiger partial charge is 0.239 e. The highest BCUT2D eigenvalue weighted by atomic mass is 33.1. The molecule has 0 aliphatic carbocycles. The minimum absolute atomic E-state index is 0.0232. The molecule has 0 aromatic heterocycles. The van der Waals surface area contributed by atoms with Crippen LogP contribution < -0.4 is 41.9 Å². The summed E-state index contributed by atoms with van der Waals surface area (Å²) in [5, 5.41) is 56.7. The van der Waals surface area contributed by atoms with Gasteiger partial charge >= 0.3 is 0 Å². The second-order valence-corrected chi connectivity index (χ2v) is 18.3. The maximum Gasteiger partial charge on any atom is 0.239 e. The zero-order valence-corrected chi connectivity index (χ0v) is 37.1. The summed E-state index contributed by atoms with van der Waals surface area (Å²) in [6.07, 6.45) is -0.0492. The van der Waals surface area contributed by atoms with Crippen LogP contribution in [0.1, 0.15) is 47.5 Å². The normalized spacial score (nSPS) is 16.8. The number of aliphatic hydroxyl groups excluding tert-OH is 1. The summed E-state index contributed by atoms with van der Waals surface area (Å²) in [6, 6.07) is 0. The summed E-state index contributed by atoms with van der Waals surface area (Å²) in [4.78, 5) is 104. The van der Waals surface area contributed by atoms with Gasteiger partial charge in [-0.1, -0.05) is 49.3 Å². The van der Waals surface area contributed by atoms with Gasteiger partial charge in [-0.05, 0) is 19.8 Å². The first-order valence-corrected chi connectivity index (χ1v) is 22.4. The third-order valence-electron chi connectivity index (χ3n) is 9.64. The third kappa shape index (κ3) is 24.5. The Bertz CT molecular complexity index is 1400. The number of nitrogens with zero attached hydrogens (tertiary/aromatic N) is 4. The summed E-state index contributed by atoms with van der Waals surface area (Å²) in [5.74, 6) is -4.77. The van der Waals surface area contributed by atoms with Crippen LogP contribution in [0.5, 0.6) is 0 Å². The maximum absolute atomic E-state index is 12.9. The van der Waals surface area contributed by atoms with Crippen LogP contribution in [0.2, 0.25) is 0 Å². The highest BCUT2D eigenvalue weighted by molar-refractivity contribution is 8.76. The zero-order chi connectivity index (χ0) is 45.3. The lowest BCUT2D eigenvalue weighted by Gasteiger charge is -2.35. The molecule has 0 bridgehead atoms. The first-order chi connectivity index (χ1) is 28.1. The number of rotatable bonds is 26. The van der Waals surface area contributed by atoms with Crippen LogP contribution in [0.3, 0.4) is 0 Å². The van der Waals surface area contributed by atoms with Crippen molar-refractivity contribution in [2.45, 2.75) is 53.6 Å². The van der Waals surface area contributed by atoms with E-state index in [0.717, 1.165) is 0 Å². The van der Waals surface area contributed by atoms with Gasteiger partial charge in [0, 0.05) is 114 Å². The molecule has 0 radical (unpaired) electrons. The SMILES string of the molecule is CCC(C)(CC(C)(C)C(=O)NCC(=O)NCC(=O)NCCSSCCNC(=O)CN1CCN(CC(=O)[O-])CCN(CC(=O)[O-])CCN(CC(=O)[O-])CC1)C(=O)NCC(C)O. The van der Waals surface area contributed by atoms with Gasteiger partial charge in [0.15, 0.2) is 0 Å². The van der Waals surface area contributed by atoms with E-state index >= 15 is 0 Å². The lowest BCUT2D eigenvalue weighted by molar-refractivity contribution is -0.308. The quantitative estimate of drug-likeness (QED) is 0.0348. The number of hydrogen-bond donors (Lipinski definition) is 6. The van der Waals surface area contributed by atoms with Crippen LogP contribution in [0.15, 0.2) is 0 Å². The fraction of sp³-hybridized carbons (Fsp3) is 0.784. The van der Waals surface area contributed by atoms with E-state index in [1.165, 1.54) is 21.6 Å². The van der Waals surface area contributed by atoms with Gasteiger partial charge in [-0.2, -0.15) is 0 Å². The first kappa shape index (κ1) is 54.3. The highest BCUT2D eigenvalue weighted by Crippen LogP contribution is 2.37. The predicted octanol–water partition coefficient (Wildman–Crippen LogP) is -6.37. The molecular formula is C37H64N9O12S2-3. The van der Waals surface area contributed by atoms with Gasteiger partial charge in [0.2, 0.25) is 29.5 Å². The molecule has 6 N–H and O–H groups in total. The zero-order valence-electron chi connectivity index (χ0n) is 35.5. The summed E-state index contributed by atoms with van der Waals surface area (Å²) in [6.45, 7) is 9.26. The van der Waals surface area contributed by atoms with E-state index in [9.17, 15) is 58.8 Å². The van der Waals surface area contributed by atoms with Crippen LogP contribution in [-0.4, -0.2) is 201 Å². The van der Waals surface area contributed by atoms with E-state index in [4.69, 9.17) is 0 Å². The number of aliphatic hydroxyl groups is 1. The van der Waals surface area contributed by atoms with Crippen LogP contribution >= 0.6 is 21.6 Å². The van der Waals surface area contributed by atoms with Crippen molar-refractivity contribution in [2.24, 2.45) is 10.8 Å². The standard InChI is InChI=1S/C37H67N9O12S2/c1-6-37(5,35(58)41-19-27(2)47)26-36(3,4)34(57)42-21-29(49)40-20-28(48)38-7-17-59-60-18-8-39-30(50)22-43-9-11-44(23-31(51)52)13-15-46(25-33(55)56)16-14-45(12-10-43)24-32(53)54/h27,47H,6-26H2,1-5H3,(H,38,48)(H,39,50)(H,40,49)(H,41,58)(H,42,57)(H,51,52)(H,53,54)(H,55,56)/p-3. The topological polar surface area (TPSA) is 299 Å². The Morgan fingerprint density at radius 3 is 1.37 bits per heavy atom. The molecular weight excluding hydrogens is 827 g/mol. The number of aliphatic carboxylic acids is 3. The molecule has 1 fully saturated rings. The van der Waals surface area contributed by atoms with Crippen LogP contribution in [0.25, 0.3) is 0 Å². The first-order valence-electron chi connectivity index (χ1n) is 19.9. The average molecular weight is 891 g/mol. The molecule has 344 valence electrons. The molecule has 2 unspecified atom stereocenters. The Kier molecular flexibility index (Phi) is 26.0. The van der Waals surface area contributed by atoms with Crippen molar-refractivity contribution in [3.63, 3.8) is 0 Å². The summed E-state index contributed by atoms with van der Waals surface area (Å²) in [7, 11) is 2.95. The molecule has 1 heterocycles. The number of carbonyl (C=O) groups is 8. The van der Waals surface area contributed by atoms with Gasteiger partial charge < -0.3 is 61.4 Å². The maximum atomic E-state index is 12.9. The summed E-state index contributed by atoms with van der Waals surface area (Å²) in [5.41, 5.74) is -1.87. The van der Waals surface area contributed by atoms with Gasteiger partial charge in [0.05, 0.1) is 43.6 Å². The van der Waals surface area contributed by atoms with Gasteiger partial charge in [0.25, 0.3) is 0 Å². The Morgan fingerprint density at radius 2 is 0.967 bits per heavy atom. The van der Waals surface area contributed by atoms with Crippen molar-refractivity contribution < 1.29 is 58.8 Å². The number of nitrogens with one attached hydrogen (secondary N) is 5. The van der Waals surface area contributed by atoms with Gasteiger partial charge in [0.1, 0.15) is 0 Å². The molecule has 2 atom stereocenters. The van der Waals surface area contributed by atoms with Gasteiger partial charge in [-0.3, -0.25) is 43.6 Å². The lowest BCUT2D eigenvalue weighted by Crippen LogP contribution is -2.52. The number of hydrogen-bond acceptors (Lipinski definition) is 18. The number of amides is 5. The highest BCUT2D eigenvalue weighted by Gasteiger charge is 2.41. The second kappa shape index (κ2) is 28.7. The van der Waals surface area contributed by atoms with Crippen molar-refractivity contribution in [2.75, 3.05) is 123 Å². The molecule has 0 aromatic rings. The van der Waals surface area contributed by atoms with Crippen LogP contribution in [0.4, 0.5) is 0 Å². The van der Waals surface area contributed by atoms with E-state index in [1.807, 2.05) is 6.92 Å². The molecule has 1 aliphatic heterocycles. The molecule has 0 saturated carbocycles. The van der Waals surface area contributed by atoms with Crippen LogP contribution in [-0.2, 0) is 38.4 Å². The molecule has 0 spiro atoms. The summed E-state index contributed by atoms with van der Waals surface area (Å²) >= 11 is 0. The molecule has 1 rings (SSSR count). The molecule has 60 heavy (non-hydrogen) atoms. The van der Waals surface area contributed by atoms with E-state index < -0.39 is 59.1 Å². The molecule has 0 aromatic carbocycles. The molecule has 1 saturated heterocycles. The number of carboxylic acid groups (broad SMARTS) is 3. The summed E-state index contributed by atoms with van der Waals surface area (Å²) < 4.78 is 0. The fourth-order valence-corrected chi connectivity index (χ4v) is 7.99. The Hall–Kier alpha value is -3.74. The molecule has 21 nitrogen and oxygen atoms in total. The third-order valence-corrected chi connectivity index (χ3v) is 12.1. The molecule has 1 aliphatic rings. The Balaban J connectivity index is 2.42. The lowest BCUT2D eigenvalue weighted by atomic mass is 9.71. The number of carbonyl (C=O) groups excluding carboxylic acids is 8.